The summed E-state index contributed by atoms with van der Waals surface area (Å²) in [5, 5.41) is 0. The van der Waals surface area contributed by atoms with Crippen molar-refractivity contribution in [3.05, 3.63) is 35.4 Å². The van der Waals surface area contributed by atoms with Gasteiger partial charge in [0.25, 0.3) is 0 Å². The average molecular weight is 267 g/mol. The Morgan fingerprint density at radius 1 is 1.26 bits per heavy atom. The first kappa shape index (κ1) is 14.4. The van der Waals surface area contributed by atoms with Gasteiger partial charge in [-0.1, -0.05) is 26.7 Å². The average Bonchev–Trinajstić information content (AvgIpc) is 2.26. The van der Waals surface area contributed by atoms with E-state index in [-0.39, 0.29) is 5.54 Å². The van der Waals surface area contributed by atoms with Gasteiger partial charge in [-0.15, -0.1) is 0 Å². The molecule has 2 rings (SSSR count). The topological polar surface area (TPSA) is 26.0 Å². The molecule has 1 fully saturated rings. The molecule has 2 unspecified atom stereocenters. The Morgan fingerprint density at radius 3 is 2.47 bits per heavy atom. The van der Waals surface area contributed by atoms with Crippen LogP contribution < -0.4 is 5.73 Å². The standard InChI is InChI=1S/C16H23F2N/c1-11(2)13-4-3-5-16(19,10-13)9-12-6-14(17)8-15(18)7-12/h6-8,11,13H,3-5,9-10,19H2,1-2H3. The molecule has 0 aliphatic heterocycles. The van der Waals surface area contributed by atoms with Crippen LogP contribution in [0.1, 0.15) is 45.1 Å². The molecule has 0 aromatic heterocycles. The van der Waals surface area contributed by atoms with Gasteiger partial charge < -0.3 is 5.73 Å². The molecule has 2 N–H and O–H groups in total. The predicted octanol–water partition coefficient (Wildman–Crippen LogP) is 4.05. The van der Waals surface area contributed by atoms with Crippen molar-refractivity contribution in [2.24, 2.45) is 17.6 Å². The molecule has 19 heavy (non-hydrogen) atoms. The first-order valence-corrected chi connectivity index (χ1v) is 7.12. The second-order valence-electron chi connectivity index (χ2n) is 6.42. The fraction of sp³-hybridized carbons (Fsp3) is 0.625. The Labute approximate surface area is 114 Å². The van der Waals surface area contributed by atoms with E-state index in [1.165, 1.54) is 18.6 Å². The van der Waals surface area contributed by atoms with Crippen molar-refractivity contribution in [2.75, 3.05) is 0 Å². The number of halogens is 2. The van der Waals surface area contributed by atoms with Gasteiger partial charge in [0.05, 0.1) is 0 Å². The Kier molecular flexibility index (Phi) is 4.24. The molecular weight excluding hydrogens is 244 g/mol. The molecule has 1 aromatic carbocycles. The lowest BCUT2D eigenvalue weighted by molar-refractivity contribution is 0.182. The van der Waals surface area contributed by atoms with Crippen LogP contribution in [-0.4, -0.2) is 5.54 Å². The highest BCUT2D eigenvalue weighted by atomic mass is 19.1. The third-order valence-corrected chi connectivity index (χ3v) is 4.34. The minimum atomic E-state index is -0.519. The minimum absolute atomic E-state index is 0.312. The van der Waals surface area contributed by atoms with Crippen molar-refractivity contribution in [3.8, 4) is 0 Å². The van der Waals surface area contributed by atoms with Crippen LogP contribution in [0, 0.1) is 23.5 Å². The van der Waals surface area contributed by atoms with Gasteiger partial charge in [-0.25, -0.2) is 8.78 Å². The number of hydrogen-bond donors (Lipinski definition) is 1. The number of benzene rings is 1. The summed E-state index contributed by atoms with van der Waals surface area (Å²) in [7, 11) is 0. The third kappa shape index (κ3) is 3.75. The van der Waals surface area contributed by atoms with Crippen LogP contribution in [0.5, 0.6) is 0 Å². The molecule has 2 atom stereocenters. The second-order valence-corrected chi connectivity index (χ2v) is 6.42. The van der Waals surface area contributed by atoms with E-state index in [1.54, 1.807) is 0 Å². The van der Waals surface area contributed by atoms with E-state index >= 15 is 0 Å². The van der Waals surface area contributed by atoms with Crippen molar-refractivity contribution >= 4 is 0 Å². The number of rotatable bonds is 3. The van der Waals surface area contributed by atoms with Crippen LogP contribution in [0.2, 0.25) is 0 Å². The lowest BCUT2D eigenvalue weighted by atomic mass is 9.70. The molecule has 0 bridgehead atoms. The van der Waals surface area contributed by atoms with Gasteiger partial charge in [-0.2, -0.15) is 0 Å². The summed E-state index contributed by atoms with van der Waals surface area (Å²) in [6.45, 7) is 4.44. The lowest BCUT2D eigenvalue weighted by Crippen LogP contribution is -2.47. The first-order chi connectivity index (χ1) is 8.88. The Morgan fingerprint density at radius 2 is 1.89 bits per heavy atom. The van der Waals surface area contributed by atoms with E-state index in [1.807, 2.05) is 0 Å². The highest BCUT2D eigenvalue weighted by Crippen LogP contribution is 2.36. The zero-order valence-corrected chi connectivity index (χ0v) is 11.8. The molecule has 0 spiro atoms. The van der Waals surface area contributed by atoms with Crippen molar-refractivity contribution in [3.63, 3.8) is 0 Å². The van der Waals surface area contributed by atoms with Crippen LogP contribution in [0.25, 0.3) is 0 Å². The van der Waals surface area contributed by atoms with E-state index in [4.69, 9.17) is 5.73 Å². The Hall–Kier alpha value is -0.960. The minimum Gasteiger partial charge on any atom is -0.325 e. The maximum Gasteiger partial charge on any atom is 0.126 e. The van der Waals surface area contributed by atoms with Crippen molar-refractivity contribution in [1.82, 2.24) is 0 Å². The summed E-state index contributed by atoms with van der Waals surface area (Å²) in [5.41, 5.74) is 6.83. The fourth-order valence-electron chi connectivity index (χ4n) is 3.29. The monoisotopic (exact) mass is 267 g/mol. The zero-order chi connectivity index (χ0) is 14.0. The van der Waals surface area contributed by atoms with Crippen LogP contribution in [0.3, 0.4) is 0 Å². The maximum atomic E-state index is 13.2. The van der Waals surface area contributed by atoms with Crippen LogP contribution in [-0.2, 0) is 6.42 Å². The quantitative estimate of drug-likeness (QED) is 0.878. The Balaban J connectivity index is 2.12. The summed E-state index contributed by atoms with van der Waals surface area (Å²) in [4.78, 5) is 0. The molecule has 1 aromatic rings. The van der Waals surface area contributed by atoms with E-state index < -0.39 is 11.6 Å². The van der Waals surface area contributed by atoms with Gasteiger partial charge in [0.2, 0.25) is 0 Å². The lowest BCUT2D eigenvalue weighted by Gasteiger charge is -2.40. The van der Waals surface area contributed by atoms with Gasteiger partial charge in [-0.05, 0) is 48.8 Å². The molecule has 0 amide bonds. The van der Waals surface area contributed by atoms with Gasteiger partial charge in [0, 0.05) is 11.6 Å². The van der Waals surface area contributed by atoms with Crippen LogP contribution >= 0.6 is 0 Å². The molecular formula is C16H23F2N. The second kappa shape index (κ2) is 5.58. The number of hydrogen-bond acceptors (Lipinski definition) is 1. The smallest absolute Gasteiger partial charge is 0.126 e. The predicted molar refractivity (Wildman–Crippen MR) is 73.8 cm³/mol. The van der Waals surface area contributed by atoms with E-state index in [2.05, 4.69) is 13.8 Å². The summed E-state index contributed by atoms with van der Waals surface area (Å²) in [6, 6.07) is 3.71. The Bertz CT molecular complexity index is 424. The van der Waals surface area contributed by atoms with Crippen LogP contribution in [0.15, 0.2) is 18.2 Å². The van der Waals surface area contributed by atoms with Crippen molar-refractivity contribution < 1.29 is 8.78 Å². The highest BCUT2D eigenvalue weighted by Gasteiger charge is 2.34. The highest BCUT2D eigenvalue weighted by molar-refractivity contribution is 5.20. The van der Waals surface area contributed by atoms with E-state index in [0.29, 0.717) is 23.8 Å². The molecule has 106 valence electrons. The third-order valence-electron chi connectivity index (χ3n) is 4.34. The zero-order valence-electron chi connectivity index (χ0n) is 11.8. The molecule has 0 heterocycles. The summed E-state index contributed by atoms with van der Waals surface area (Å²) < 4.78 is 26.5. The molecule has 0 radical (unpaired) electrons. The summed E-state index contributed by atoms with van der Waals surface area (Å²) in [5.74, 6) is 0.203. The normalized spacial score (nSPS) is 27.8. The van der Waals surface area contributed by atoms with E-state index in [9.17, 15) is 8.78 Å². The fourth-order valence-corrected chi connectivity index (χ4v) is 3.29. The van der Waals surface area contributed by atoms with E-state index in [0.717, 1.165) is 25.3 Å². The van der Waals surface area contributed by atoms with Gasteiger partial charge in [-0.3, -0.25) is 0 Å². The van der Waals surface area contributed by atoms with Gasteiger partial charge in [0.15, 0.2) is 0 Å². The van der Waals surface area contributed by atoms with Crippen molar-refractivity contribution in [1.29, 1.82) is 0 Å². The maximum absolute atomic E-state index is 13.2. The summed E-state index contributed by atoms with van der Waals surface area (Å²) in [6.07, 6.45) is 4.77. The van der Waals surface area contributed by atoms with Crippen LogP contribution in [0.4, 0.5) is 8.78 Å². The molecule has 1 nitrogen and oxygen atoms in total. The van der Waals surface area contributed by atoms with Crippen molar-refractivity contribution in [2.45, 2.75) is 51.5 Å². The first-order valence-electron chi connectivity index (χ1n) is 7.12. The van der Waals surface area contributed by atoms with Gasteiger partial charge in [0.1, 0.15) is 11.6 Å². The molecule has 1 aliphatic carbocycles. The molecule has 0 saturated heterocycles. The molecule has 1 aliphatic rings. The SMILES string of the molecule is CC(C)C1CCCC(N)(Cc2cc(F)cc(F)c2)C1. The largest absolute Gasteiger partial charge is 0.325 e. The summed E-state index contributed by atoms with van der Waals surface area (Å²) >= 11 is 0. The number of nitrogens with two attached hydrogens (primary N) is 1. The van der Waals surface area contributed by atoms with Gasteiger partial charge >= 0.3 is 0 Å². The molecule has 1 saturated carbocycles. The molecule has 3 heteroatoms.